The van der Waals surface area contributed by atoms with Crippen molar-refractivity contribution in [1.29, 1.82) is 5.26 Å². The highest BCUT2D eigenvalue weighted by atomic mass is 32.1. The van der Waals surface area contributed by atoms with Crippen molar-refractivity contribution in [2.75, 3.05) is 51.0 Å². The Labute approximate surface area is 290 Å². The van der Waals surface area contributed by atoms with Gasteiger partial charge in [-0.3, -0.25) is 9.59 Å². The average Bonchev–Trinajstić information content (AvgIpc) is 3.41. The number of fused-ring (bicyclic) bond motifs is 1. The van der Waals surface area contributed by atoms with Crippen LogP contribution >= 0.6 is 11.3 Å². The van der Waals surface area contributed by atoms with Crippen LogP contribution in [0, 0.1) is 23.2 Å². The zero-order valence-electron chi connectivity index (χ0n) is 27.3. The second-order valence-corrected chi connectivity index (χ2v) is 12.6. The van der Waals surface area contributed by atoms with Gasteiger partial charge in [0.25, 0.3) is 5.91 Å². The summed E-state index contributed by atoms with van der Waals surface area (Å²) in [7, 11) is 2.97. The minimum Gasteiger partial charge on any atom is -0.477 e. The van der Waals surface area contributed by atoms with Gasteiger partial charge in [-0.25, -0.2) is 9.18 Å². The van der Waals surface area contributed by atoms with E-state index in [9.17, 15) is 31.9 Å². The van der Waals surface area contributed by atoms with Gasteiger partial charge in [0.2, 0.25) is 5.91 Å². The summed E-state index contributed by atoms with van der Waals surface area (Å²) in [4.78, 5) is 38.4. The summed E-state index contributed by atoms with van der Waals surface area (Å²) in [5.41, 5.74) is 6.14. The third-order valence-electron chi connectivity index (χ3n) is 7.86. The van der Waals surface area contributed by atoms with Gasteiger partial charge in [-0.2, -0.15) is 18.4 Å². The molecule has 3 unspecified atom stereocenters. The number of nitrogens with zero attached hydrogens (tertiary/aromatic N) is 2. The molecule has 1 aliphatic rings. The van der Waals surface area contributed by atoms with Crippen molar-refractivity contribution >= 4 is 50.6 Å². The average molecular weight is 717 g/mol. The van der Waals surface area contributed by atoms with Crippen LogP contribution in [0.4, 0.5) is 28.9 Å². The number of alkyl halides is 4. The highest BCUT2D eigenvalue weighted by Crippen LogP contribution is 2.39. The molecule has 1 fully saturated rings. The Hall–Kier alpha value is -5.06. The Bertz CT molecular complexity index is 1820. The summed E-state index contributed by atoms with van der Waals surface area (Å²) in [6.07, 6.45) is -6.53. The number of rotatable bonds is 13. The van der Waals surface area contributed by atoms with Crippen LogP contribution in [-0.4, -0.2) is 87.5 Å². The van der Waals surface area contributed by atoms with Gasteiger partial charge in [-0.15, -0.1) is 11.3 Å². The number of amides is 2. The van der Waals surface area contributed by atoms with E-state index in [0.29, 0.717) is 34.4 Å². The van der Waals surface area contributed by atoms with Gasteiger partial charge >= 0.3 is 12.1 Å². The summed E-state index contributed by atoms with van der Waals surface area (Å²) in [5, 5.41) is 18.1. The molecule has 16 heteroatoms. The molecule has 4 rings (SSSR count). The molecule has 2 heterocycles. The van der Waals surface area contributed by atoms with Gasteiger partial charge in [-0.1, -0.05) is 24.0 Å². The van der Waals surface area contributed by atoms with E-state index < -0.39 is 48.6 Å². The number of hydrogen-bond donors (Lipinski definition) is 4. The van der Waals surface area contributed by atoms with Crippen molar-refractivity contribution in [3.63, 3.8) is 0 Å². The lowest BCUT2D eigenvalue weighted by molar-refractivity contribution is -0.143. The predicted octanol–water partition coefficient (Wildman–Crippen LogP) is 4.36. The van der Waals surface area contributed by atoms with Crippen LogP contribution in [-0.2, 0) is 20.7 Å². The molecule has 1 saturated heterocycles. The number of primary amides is 1. The number of nitriles is 1. The van der Waals surface area contributed by atoms with E-state index in [1.54, 1.807) is 18.2 Å². The first-order valence-electron chi connectivity index (χ1n) is 15.5. The number of halogens is 4. The maximum absolute atomic E-state index is 14.8. The van der Waals surface area contributed by atoms with Crippen molar-refractivity contribution in [2.45, 2.75) is 50.1 Å². The minimum absolute atomic E-state index is 0.0309. The van der Waals surface area contributed by atoms with Crippen LogP contribution in [0.25, 0.3) is 10.1 Å². The van der Waals surface area contributed by atoms with Crippen LogP contribution in [0.15, 0.2) is 36.4 Å². The van der Waals surface area contributed by atoms with Crippen molar-refractivity contribution in [2.24, 2.45) is 5.73 Å². The molecule has 2 aromatic carbocycles. The second kappa shape index (κ2) is 17.0. The quantitative estimate of drug-likeness (QED) is 0.115. The number of thiophene rings is 1. The molecule has 0 radical (unpaired) electrons. The van der Waals surface area contributed by atoms with Crippen LogP contribution in [0.2, 0.25) is 0 Å². The molecule has 0 aliphatic carbocycles. The standard InChI is InChI=1S/C34H36F4N6O5S/c1-44-15-12-24(23(35)19-44)42-26-6-3-5-21-22(18-34(36,37)38)29(50-31(21)26)7-4-14-41-25-9-8-20(17-28(25)49-16-13-39)32(46)43-27(33(47)48-2)10-11-30(40)45/h3,5-6,8-9,17,23-24,27,41-42H,10-12,14-16,18-19H2,1-2H3,(H2,40,45)(H,43,46). The number of esters is 1. The van der Waals surface area contributed by atoms with Gasteiger partial charge in [0.1, 0.15) is 24.0 Å². The van der Waals surface area contributed by atoms with Crippen molar-refractivity contribution in [3.8, 4) is 23.7 Å². The van der Waals surface area contributed by atoms with E-state index >= 15 is 0 Å². The van der Waals surface area contributed by atoms with Crippen LogP contribution in [0.3, 0.4) is 0 Å². The Kier molecular flexibility index (Phi) is 12.9. The van der Waals surface area contributed by atoms with E-state index in [1.807, 2.05) is 18.0 Å². The van der Waals surface area contributed by atoms with Gasteiger partial charge in [0.15, 0.2) is 6.61 Å². The zero-order chi connectivity index (χ0) is 36.4. The summed E-state index contributed by atoms with van der Waals surface area (Å²) in [6.45, 7) is 0.536. The molecule has 266 valence electrons. The molecular formula is C34H36F4N6O5S. The smallest absolute Gasteiger partial charge is 0.393 e. The number of hydrogen-bond acceptors (Lipinski definition) is 10. The fourth-order valence-corrected chi connectivity index (χ4v) is 6.57. The number of nitrogens with two attached hydrogens (primary N) is 1. The molecule has 1 aliphatic heterocycles. The predicted molar refractivity (Wildman–Crippen MR) is 181 cm³/mol. The molecule has 5 N–H and O–H groups in total. The Morgan fingerprint density at radius 2 is 1.98 bits per heavy atom. The normalized spacial score (nSPS) is 16.7. The van der Waals surface area contributed by atoms with Gasteiger partial charge < -0.3 is 36.1 Å². The van der Waals surface area contributed by atoms with Crippen LogP contribution < -0.4 is 26.4 Å². The number of methoxy groups -OCH3 is 1. The summed E-state index contributed by atoms with van der Waals surface area (Å²) in [6, 6.07) is 9.41. The zero-order valence-corrected chi connectivity index (χ0v) is 28.1. The molecule has 11 nitrogen and oxygen atoms in total. The fourth-order valence-electron chi connectivity index (χ4n) is 5.40. The lowest BCUT2D eigenvalue weighted by atomic mass is 10.0. The van der Waals surface area contributed by atoms with E-state index in [4.69, 9.17) is 20.5 Å². The Morgan fingerprint density at radius 3 is 2.66 bits per heavy atom. The molecule has 0 saturated carbocycles. The number of likely N-dealkylation sites (tertiary alicyclic amines) is 1. The highest BCUT2D eigenvalue weighted by molar-refractivity contribution is 7.20. The second-order valence-electron chi connectivity index (χ2n) is 11.6. The first-order valence-corrected chi connectivity index (χ1v) is 16.3. The van der Waals surface area contributed by atoms with Crippen molar-refractivity contribution in [1.82, 2.24) is 10.2 Å². The highest BCUT2D eigenvalue weighted by Gasteiger charge is 2.32. The maximum Gasteiger partial charge on any atom is 0.393 e. The lowest BCUT2D eigenvalue weighted by Crippen LogP contribution is -2.46. The van der Waals surface area contributed by atoms with E-state index in [1.165, 1.54) is 18.2 Å². The topological polar surface area (TPSA) is 159 Å². The molecular weight excluding hydrogens is 680 g/mol. The molecule has 1 aromatic heterocycles. The van der Waals surface area contributed by atoms with E-state index in [-0.39, 0.29) is 54.3 Å². The minimum atomic E-state index is -4.50. The molecule has 3 atom stereocenters. The summed E-state index contributed by atoms with van der Waals surface area (Å²) in [5.74, 6) is 3.68. The number of carbonyl (C=O) groups excluding carboxylic acids is 3. The largest absolute Gasteiger partial charge is 0.477 e. The third-order valence-corrected chi connectivity index (χ3v) is 9.05. The number of benzene rings is 2. The number of carbonyl (C=O) groups is 3. The number of ether oxygens (including phenoxy) is 2. The third kappa shape index (κ3) is 10.2. The molecule has 2 amide bonds. The number of piperidine rings is 1. The summed E-state index contributed by atoms with van der Waals surface area (Å²) < 4.78 is 66.6. The first kappa shape index (κ1) is 37.8. The van der Waals surface area contributed by atoms with Crippen molar-refractivity contribution < 1.29 is 41.4 Å². The number of nitrogens with one attached hydrogen (secondary N) is 3. The van der Waals surface area contributed by atoms with Gasteiger partial charge in [-0.05, 0) is 55.1 Å². The van der Waals surface area contributed by atoms with Crippen molar-refractivity contribution in [3.05, 3.63) is 52.4 Å². The summed E-state index contributed by atoms with van der Waals surface area (Å²) >= 11 is 1.10. The monoisotopic (exact) mass is 716 g/mol. The number of anilines is 2. The maximum atomic E-state index is 14.8. The first-order chi connectivity index (χ1) is 23.8. The van der Waals surface area contributed by atoms with E-state index in [0.717, 1.165) is 18.4 Å². The molecule has 50 heavy (non-hydrogen) atoms. The van der Waals surface area contributed by atoms with Gasteiger partial charge in [0.05, 0.1) is 47.1 Å². The SMILES string of the molecule is COC(=O)C(CCC(N)=O)NC(=O)c1ccc(NCC#Cc2sc3c(NC4CCN(C)CC4F)cccc3c2CC(F)(F)F)c(OCC#N)c1. The Balaban J connectivity index is 1.55. The van der Waals surface area contributed by atoms with E-state index in [2.05, 4.69) is 27.8 Å². The molecule has 0 spiro atoms. The fraction of sp³-hybridized carbons (Fsp3) is 0.412. The molecule has 0 bridgehead atoms. The Morgan fingerprint density at radius 1 is 1.20 bits per heavy atom. The molecule has 3 aromatic rings. The lowest BCUT2D eigenvalue weighted by Gasteiger charge is -2.33. The van der Waals surface area contributed by atoms with Crippen LogP contribution in [0.1, 0.15) is 40.1 Å². The van der Waals surface area contributed by atoms with Gasteiger partial charge in [0, 0.05) is 25.1 Å². The van der Waals surface area contributed by atoms with Crippen LogP contribution in [0.5, 0.6) is 5.75 Å².